The Labute approximate surface area is 120 Å². The lowest BCUT2D eigenvalue weighted by Crippen LogP contribution is -2.32. The second kappa shape index (κ2) is 6.75. The summed E-state index contributed by atoms with van der Waals surface area (Å²) >= 11 is 0. The molecule has 0 amide bonds. The normalized spacial score (nSPS) is 21.1. The molecule has 0 N–H and O–H groups in total. The lowest BCUT2D eigenvalue weighted by molar-refractivity contribution is -0.0246. The summed E-state index contributed by atoms with van der Waals surface area (Å²) in [6.45, 7) is 2.74. The van der Waals surface area contributed by atoms with Crippen LogP contribution in [0.5, 0.6) is 11.5 Å². The molecular weight excluding hydrogens is 256 g/mol. The smallest absolute Gasteiger partial charge is 0.167 e. The van der Waals surface area contributed by atoms with E-state index in [0.29, 0.717) is 35.5 Å². The first-order chi connectivity index (χ1) is 9.67. The maximum Gasteiger partial charge on any atom is 0.167 e. The highest BCUT2D eigenvalue weighted by Gasteiger charge is 2.31. The summed E-state index contributed by atoms with van der Waals surface area (Å²) in [4.78, 5) is 12.4. The van der Waals surface area contributed by atoms with E-state index >= 15 is 0 Å². The second-order valence-electron chi connectivity index (χ2n) is 5.11. The zero-order chi connectivity index (χ0) is 14.5. The Kier molecular flexibility index (Phi) is 5.01. The van der Waals surface area contributed by atoms with E-state index in [9.17, 15) is 4.79 Å². The van der Waals surface area contributed by atoms with Crippen LogP contribution in [0.4, 0.5) is 0 Å². The second-order valence-corrected chi connectivity index (χ2v) is 5.11. The van der Waals surface area contributed by atoms with E-state index in [2.05, 4.69) is 0 Å². The highest BCUT2D eigenvalue weighted by Crippen LogP contribution is 2.35. The molecule has 0 radical (unpaired) electrons. The summed E-state index contributed by atoms with van der Waals surface area (Å²) < 4.78 is 15.9. The summed E-state index contributed by atoms with van der Waals surface area (Å²) in [5, 5.41) is 0. The fraction of sp³-hybridized carbons (Fsp3) is 0.562. The van der Waals surface area contributed by atoms with Crippen LogP contribution in [0.25, 0.3) is 0 Å². The zero-order valence-corrected chi connectivity index (χ0v) is 12.3. The molecule has 1 aromatic rings. The SMILES string of the molecule is CCOC1CC(CC(=O)c2cc(OC)ccc2OC)C1. The summed E-state index contributed by atoms with van der Waals surface area (Å²) in [6, 6.07) is 5.32. The van der Waals surface area contributed by atoms with E-state index in [1.165, 1.54) is 0 Å². The number of ether oxygens (including phenoxy) is 3. The van der Waals surface area contributed by atoms with Gasteiger partial charge in [0.05, 0.1) is 25.9 Å². The summed E-state index contributed by atoms with van der Waals surface area (Å²) in [6.07, 6.45) is 2.84. The van der Waals surface area contributed by atoms with E-state index in [0.717, 1.165) is 19.4 Å². The fourth-order valence-corrected chi connectivity index (χ4v) is 2.62. The van der Waals surface area contributed by atoms with Crippen LogP contribution >= 0.6 is 0 Å². The van der Waals surface area contributed by atoms with Crippen LogP contribution in [-0.4, -0.2) is 32.7 Å². The topological polar surface area (TPSA) is 44.8 Å². The Morgan fingerprint density at radius 2 is 2.00 bits per heavy atom. The minimum atomic E-state index is 0.112. The van der Waals surface area contributed by atoms with Gasteiger partial charge in [-0.3, -0.25) is 4.79 Å². The largest absolute Gasteiger partial charge is 0.497 e. The fourth-order valence-electron chi connectivity index (χ4n) is 2.62. The van der Waals surface area contributed by atoms with E-state index in [-0.39, 0.29) is 5.78 Å². The van der Waals surface area contributed by atoms with Crippen LogP contribution in [0.2, 0.25) is 0 Å². The highest BCUT2D eigenvalue weighted by atomic mass is 16.5. The van der Waals surface area contributed by atoms with E-state index < -0.39 is 0 Å². The number of hydrogen-bond donors (Lipinski definition) is 0. The molecule has 0 aromatic heterocycles. The average molecular weight is 278 g/mol. The molecule has 0 saturated heterocycles. The molecule has 2 rings (SSSR count). The molecule has 1 aromatic carbocycles. The third-order valence-corrected chi connectivity index (χ3v) is 3.78. The number of methoxy groups -OCH3 is 2. The monoisotopic (exact) mass is 278 g/mol. The average Bonchev–Trinajstić information content (AvgIpc) is 2.44. The quantitative estimate of drug-likeness (QED) is 0.719. The van der Waals surface area contributed by atoms with Crippen LogP contribution in [0.15, 0.2) is 18.2 Å². The Hall–Kier alpha value is -1.55. The molecule has 1 aliphatic rings. The van der Waals surface area contributed by atoms with Crippen molar-refractivity contribution in [3.8, 4) is 11.5 Å². The summed E-state index contributed by atoms with van der Waals surface area (Å²) in [5.41, 5.74) is 0.603. The van der Waals surface area contributed by atoms with Crippen LogP contribution in [0.1, 0.15) is 36.5 Å². The van der Waals surface area contributed by atoms with Crippen molar-refractivity contribution < 1.29 is 19.0 Å². The third-order valence-electron chi connectivity index (χ3n) is 3.78. The van der Waals surface area contributed by atoms with Gasteiger partial charge in [0.25, 0.3) is 0 Å². The number of ketones is 1. The highest BCUT2D eigenvalue weighted by molar-refractivity contribution is 5.99. The van der Waals surface area contributed by atoms with Gasteiger partial charge in [0.2, 0.25) is 0 Å². The van der Waals surface area contributed by atoms with Gasteiger partial charge in [-0.2, -0.15) is 0 Å². The van der Waals surface area contributed by atoms with Gasteiger partial charge in [0.15, 0.2) is 5.78 Å². The lowest BCUT2D eigenvalue weighted by Gasteiger charge is -2.34. The molecule has 1 saturated carbocycles. The summed E-state index contributed by atoms with van der Waals surface area (Å²) in [5.74, 6) is 1.82. The van der Waals surface area contributed by atoms with Gasteiger partial charge in [-0.1, -0.05) is 0 Å². The standard InChI is InChI=1S/C16H22O4/c1-4-20-13-7-11(8-13)9-15(17)14-10-12(18-2)5-6-16(14)19-3/h5-6,10-11,13H,4,7-9H2,1-3H3. The van der Waals surface area contributed by atoms with Crippen LogP contribution in [0.3, 0.4) is 0 Å². The minimum absolute atomic E-state index is 0.112. The zero-order valence-electron chi connectivity index (χ0n) is 12.3. The Bertz CT molecular complexity index is 464. The Balaban J connectivity index is 1.98. The van der Waals surface area contributed by atoms with Gasteiger partial charge >= 0.3 is 0 Å². The lowest BCUT2D eigenvalue weighted by atomic mass is 9.78. The summed E-state index contributed by atoms with van der Waals surface area (Å²) in [7, 11) is 3.17. The molecule has 0 atom stereocenters. The third kappa shape index (κ3) is 3.31. The molecular formula is C16H22O4. The molecule has 20 heavy (non-hydrogen) atoms. The van der Waals surface area contributed by atoms with Crippen LogP contribution in [0, 0.1) is 5.92 Å². The molecule has 1 fully saturated rings. The van der Waals surface area contributed by atoms with Crippen LogP contribution in [-0.2, 0) is 4.74 Å². The van der Waals surface area contributed by atoms with Crippen molar-refractivity contribution in [3.05, 3.63) is 23.8 Å². The molecule has 110 valence electrons. The van der Waals surface area contributed by atoms with Gasteiger partial charge in [-0.25, -0.2) is 0 Å². The molecule has 0 unspecified atom stereocenters. The predicted molar refractivity (Wildman–Crippen MR) is 76.6 cm³/mol. The minimum Gasteiger partial charge on any atom is -0.497 e. The molecule has 4 heteroatoms. The van der Waals surface area contributed by atoms with Gasteiger partial charge in [0.1, 0.15) is 11.5 Å². The van der Waals surface area contributed by atoms with Crippen molar-refractivity contribution in [1.29, 1.82) is 0 Å². The van der Waals surface area contributed by atoms with Crippen molar-refractivity contribution in [3.63, 3.8) is 0 Å². The first-order valence-electron chi connectivity index (χ1n) is 7.04. The van der Waals surface area contributed by atoms with Crippen molar-refractivity contribution in [1.82, 2.24) is 0 Å². The number of benzene rings is 1. The first-order valence-corrected chi connectivity index (χ1v) is 7.04. The van der Waals surface area contributed by atoms with Crippen LogP contribution < -0.4 is 9.47 Å². The van der Waals surface area contributed by atoms with Gasteiger partial charge in [0, 0.05) is 13.0 Å². The number of carbonyl (C=O) groups excluding carboxylic acids is 1. The molecule has 4 nitrogen and oxygen atoms in total. The number of hydrogen-bond acceptors (Lipinski definition) is 4. The number of Topliss-reactive ketones (excluding diaryl/α,β-unsaturated/α-hetero) is 1. The molecule has 0 aliphatic heterocycles. The Morgan fingerprint density at radius 3 is 2.60 bits per heavy atom. The van der Waals surface area contributed by atoms with Gasteiger partial charge < -0.3 is 14.2 Å². The van der Waals surface area contributed by atoms with Crippen molar-refractivity contribution in [2.24, 2.45) is 5.92 Å². The maximum absolute atomic E-state index is 12.4. The molecule has 0 bridgehead atoms. The predicted octanol–water partition coefficient (Wildman–Crippen LogP) is 3.09. The van der Waals surface area contributed by atoms with Crippen molar-refractivity contribution in [2.75, 3.05) is 20.8 Å². The molecule has 0 spiro atoms. The van der Waals surface area contributed by atoms with E-state index in [1.54, 1.807) is 32.4 Å². The maximum atomic E-state index is 12.4. The van der Waals surface area contributed by atoms with Gasteiger partial charge in [-0.05, 0) is 43.9 Å². The van der Waals surface area contributed by atoms with Crippen molar-refractivity contribution >= 4 is 5.78 Å². The number of carbonyl (C=O) groups is 1. The van der Waals surface area contributed by atoms with Gasteiger partial charge in [-0.15, -0.1) is 0 Å². The first kappa shape index (κ1) is 14.9. The number of rotatable bonds is 7. The van der Waals surface area contributed by atoms with E-state index in [4.69, 9.17) is 14.2 Å². The Morgan fingerprint density at radius 1 is 1.25 bits per heavy atom. The molecule has 0 heterocycles. The molecule has 1 aliphatic carbocycles. The van der Waals surface area contributed by atoms with E-state index in [1.807, 2.05) is 6.92 Å². The van der Waals surface area contributed by atoms with Crippen molar-refractivity contribution in [2.45, 2.75) is 32.3 Å².